The van der Waals surface area contributed by atoms with E-state index in [1.807, 2.05) is 6.07 Å². The summed E-state index contributed by atoms with van der Waals surface area (Å²) in [5, 5.41) is 19.4. The van der Waals surface area contributed by atoms with Crippen LogP contribution < -0.4 is 0 Å². The molecule has 0 bridgehead atoms. The monoisotopic (exact) mass is 346 g/mol. The number of aryl methyl sites for hydroxylation is 1. The fourth-order valence-corrected chi connectivity index (χ4v) is 2.98. The summed E-state index contributed by atoms with van der Waals surface area (Å²) in [6, 6.07) is 11.9. The highest BCUT2D eigenvalue weighted by Crippen LogP contribution is 2.34. The van der Waals surface area contributed by atoms with Gasteiger partial charge in [-0.2, -0.15) is 0 Å². The van der Waals surface area contributed by atoms with Crippen LogP contribution in [0.3, 0.4) is 0 Å². The Hall–Kier alpha value is -3.40. The van der Waals surface area contributed by atoms with Gasteiger partial charge >= 0.3 is 5.97 Å². The van der Waals surface area contributed by atoms with Crippen LogP contribution >= 0.6 is 0 Å². The lowest BCUT2D eigenvalue weighted by atomic mass is 9.86. The second-order valence-electron chi connectivity index (χ2n) is 6.21. The van der Waals surface area contributed by atoms with Crippen LogP contribution in [0, 0.1) is 6.92 Å². The molecule has 0 spiro atoms. The van der Waals surface area contributed by atoms with Gasteiger partial charge in [0.1, 0.15) is 5.75 Å². The number of rotatable bonds is 3. The zero-order valence-electron chi connectivity index (χ0n) is 14.5. The molecule has 2 aromatic carbocycles. The highest BCUT2D eigenvalue weighted by Gasteiger charge is 2.19. The van der Waals surface area contributed by atoms with Crippen molar-refractivity contribution in [2.45, 2.75) is 13.8 Å². The van der Waals surface area contributed by atoms with E-state index in [2.05, 4.69) is 0 Å². The number of phenols is 1. The average molecular weight is 346 g/mol. The molecule has 1 aliphatic carbocycles. The number of ketones is 1. The summed E-state index contributed by atoms with van der Waals surface area (Å²) < 4.78 is 0. The third-order valence-electron chi connectivity index (χ3n) is 4.38. The number of allylic oxidation sites excluding steroid dienone is 5. The van der Waals surface area contributed by atoms with Gasteiger partial charge in [0.2, 0.25) is 0 Å². The van der Waals surface area contributed by atoms with Crippen molar-refractivity contribution in [3.8, 4) is 5.75 Å². The number of aromatic carboxylic acids is 1. The molecular weight excluding hydrogens is 328 g/mol. The standard InChI is InChI=1S/C22H18O4/c1-13-11-15(7-9-19(13)23)21(16-8-10-20(24)14(2)12-16)17-5-3-4-6-18(17)22(25)26/h3-12,23H,1-2H3,(H,25,26). The first kappa shape index (κ1) is 17.4. The SMILES string of the molecule is CC1=CC(=C(c2ccc(O)c(C)c2)c2ccccc2C(=O)O)C=CC1=O. The van der Waals surface area contributed by atoms with Gasteiger partial charge in [0.15, 0.2) is 5.78 Å². The van der Waals surface area contributed by atoms with Crippen LogP contribution in [0.2, 0.25) is 0 Å². The van der Waals surface area contributed by atoms with Crippen LogP contribution in [-0.2, 0) is 4.79 Å². The van der Waals surface area contributed by atoms with Gasteiger partial charge in [-0.05, 0) is 77.6 Å². The molecular formula is C22H18O4. The van der Waals surface area contributed by atoms with Crippen molar-refractivity contribution in [2.75, 3.05) is 0 Å². The number of carboxylic acids is 1. The molecule has 0 amide bonds. The van der Waals surface area contributed by atoms with Gasteiger partial charge in [-0.3, -0.25) is 4.79 Å². The topological polar surface area (TPSA) is 74.6 Å². The lowest BCUT2D eigenvalue weighted by molar-refractivity contribution is -0.111. The number of carbonyl (C=O) groups excluding carboxylic acids is 1. The second-order valence-corrected chi connectivity index (χ2v) is 6.21. The van der Waals surface area contributed by atoms with Crippen molar-refractivity contribution in [2.24, 2.45) is 0 Å². The quantitative estimate of drug-likeness (QED) is 0.869. The van der Waals surface area contributed by atoms with Gasteiger partial charge in [0, 0.05) is 0 Å². The summed E-state index contributed by atoms with van der Waals surface area (Å²) in [4.78, 5) is 23.5. The van der Waals surface area contributed by atoms with Crippen LogP contribution in [0.25, 0.3) is 5.57 Å². The fraction of sp³-hybridized carbons (Fsp3) is 0.0909. The van der Waals surface area contributed by atoms with Crippen molar-refractivity contribution >= 4 is 17.3 Å². The van der Waals surface area contributed by atoms with Crippen molar-refractivity contribution in [3.63, 3.8) is 0 Å². The van der Waals surface area contributed by atoms with Crippen LogP contribution in [0.4, 0.5) is 0 Å². The predicted octanol–water partition coefficient (Wildman–Crippen LogP) is 4.29. The molecule has 0 radical (unpaired) electrons. The molecule has 0 heterocycles. The van der Waals surface area contributed by atoms with Gasteiger partial charge in [-0.15, -0.1) is 0 Å². The average Bonchev–Trinajstić information content (AvgIpc) is 2.61. The summed E-state index contributed by atoms with van der Waals surface area (Å²) in [7, 11) is 0. The van der Waals surface area contributed by atoms with E-state index in [0.717, 1.165) is 11.1 Å². The maximum Gasteiger partial charge on any atom is 0.336 e. The molecule has 1 aliphatic rings. The Morgan fingerprint density at radius 2 is 1.65 bits per heavy atom. The molecule has 2 aromatic rings. The fourth-order valence-electron chi connectivity index (χ4n) is 2.98. The molecule has 0 unspecified atom stereocenters. The van der Waals surface area contributed by atoms with E-state index in [1.54, 1.807) is 62.4 Å². The van der Waals surface area contributed by atoms with Crippen molar-refractivity contribution in [1.82, 2.24) is 0 Å². The molecule has 26 heavy (non-hydrogen) atoms. The summed E-state index contributed by atoms with van der Waals surface area (Å²) in [6.45, 7) is 3.51. The summed E-state index contributed by atoms with van der Waals surface area (Å²) in [5.74, 6) is -0.919. The largest absolute Gasteiger partial charge is 0.508 e. The lowest BCUT2D eigenvalue weighted by Gasteiger charge is -2.17. The Morgan fingerprint density at radius 3 is 2.27 bits per heavy atom. The highest BCUT2D eigenvalue weighted by atomic mass is 16.4. The Kier molecular flexibility index (Phi) is 4.59. The van der Waals surface area contributed by atoms with Crippen LogP contribution in [-0.4, -0.2) is 22.0 Å². The Bertz CT molecular complexity index is 1010. The number of carbonyl (C=O) groups is 2. The molecule has 0 atom stereocenters. The molecule has 0 saturated heterocycles. The number of aromatic hydroxyl groups is 1. The molecule has 130 valence electrons. The number of hydrogen-bond donors (Lipinski definition) is 2. The van der Waals surface area contributed by atoms with Gasteiger partial charge in [0.25, 0.3) is 0 Å². The van der Waals surface area contributed by atoms with E-state index in [9.17, 15) is 19.8 Å². The summed E-state index contributed by atoms with van der Waals surface area (Å²) in [6.07, 6.45) is 4.95. The van der Waals surface area contributed by atoms with Crippen LogP contribution in [0.5, 0.6) is 5.75 Å². The zero-order chi connectivity index (χ0) is 18.8. The third-order valence-corrected chi connectivity index (χ3v) is 4.38. The first-order valence-electron chi connectivity index (χ1n) is 8.16. The highest BCUT2D eigenvalue weighted by molar-refractivity contribution is 6.07. The van der Waals surface area contributed by atoms with E-state index in [1.165, 1.54) is 6.08 Å². The molecule has 0 aromatic heterocycles. The van der Waals surface area contributed by atoms with E-state index in [0.29, 0.717) is 22.3 Å². The van der Waals surface area contributed by atoms with Crippen molar-refractivity contribution < 1.29 is 19.8 Å². The summed E-state index contributed by atoms with van der Waals surface area (Å²) in [5.41, 5.74) is 4.23. The Balaban J connectivity index is 2.35. The number of hydrogen-bond acceptors (Lipinski definition) is 3. The number of carboxylic acid groups (broad SMARTS) is 1. The second kappa shape index (κ2) is 6.84. The minimum absolute atomic E-state index is 0.0680. The van der Waals surface area contributed by atoms with E-state index >= 15 is 0 Å². The zero-order valence-corrected chi connectivity index (χ0v) is 14.5. The van der Waals surface area contributed by atoms with E-state index in [4.69, 9.17) is 0 Å². The third kappa shape index (κ3) is 3.22. The molecule has 4 nitrogen and oxygen atoms in total. The van der Waals surface area contributed by atoms with Crippen molar-refractivity contribution in [3.05, 3.63) is 94.1 Å². The molecule has 0 fully saturated rings. The smallest absolute Gasteiger partial charge is 0.336 e. The van der Waals surface area contributed by atoms with Gasteiger partial charge in [-0.1, -0.05) is 30.3 Å². The minimum Gasteiger partial charge on any atom is -0.508 e. The molecule has 2 N–H and O–H groups in total. The lowest BCUT2D eigenvalue weighted by Crippen LogP contribution is -2.06. The normalized spacial score (nSPS) is 15.6. The number of benzene rings is 2. The van der Waals surface area contributed by atoms with Gasteiger partial charge < -0.3 is 10.2 Å². The van der Waals surface area contributed by atoms with Crippen LogP contribution in [0.15, 0.2) is 71.8 Å². The Labute approximate surface area is 151 Å². The number of phenolic OH excluding ortho intramolecular Hbond substituents is 1. The van der Waals surface area contributed by atoms with E-state index < -0.39 is 5.97 Å². The van der Waals surface area contributed by atoms with Gasteiger partial charge in [0.05, 0.1) is 5.56 Å². The van der Waals surface area contributed by atoms with Gasteiger partial charge in [-0.25, -0.2) is 4.79 Å². The maximum atomic E-state index is 11.8. The first-order valence-corrected chi connectivity index (χ1v) is 8.16. The molecule has 0 saturated carbocycles. The molecule has 0 aliphatic heterocycles. The van der Waals surface area contributed by atoms with Crippen molar-refractivity contribution in [1.29, 1.82) is 0 Å². The van der Waals surface area contributed by atoms with Crippen LogP contribution in [0.1, 0.15) is 34.0 Å². The minimum atomic E-state index is -1.02. The molecule has 4 heteroatoms. The van der Waals surface area contributed by atoms with E-state index in [-0.39, 0.29) is 17.1 Å². The first-order chi connectivity index (χ1) is 12.4. The predicted molar refractivity (Wildman–Crippen MR) is 100 cm³/mol. The maximum absolute atomic E-state index is 11.8. The molecule has 3 rings (SSSR count). The summed E-state index contributed by atoms with van der Waals surface area (Å²) >= 11 is 0. The Morgan fingerprint density at radius 1 is 0.962 bits per heavy atom.